The maximum Gasteiger partial charge on any atom is 0.275 e. The van der Waals surface area contributed by atoms with E-state index in [9.17, 15) is 13.6 Å². The number of amides is 1. The Kier molecular flexibility index (Phi) is 5.49. The number of aryl methyl sites for hydroxylation is 1. The van der Waals surface area contributed by atoms with E-state index in [1.165, 1.54) is 23.3 Å². The van der Waals surface area contributed by atoms with Gasteiger partial charge < -0.3 is 14.1 Å². The summed E-state index contributed by atoms with van der Waals surface area (Å²) in [7, 11) is 1.66. The van der Waals surface area contributed by atoms with E-state index in [0.29, 0.717) is 6.54 Å². The molecular weight excluding hydrogens is 354 g/mol. The standard InChI is InChI=1S/C20H18F2N2O3/c1-13-6-8-14(9-7-13)10-24(2)20(25)16-11-27-18(23-16)12-26-17-5-3-4-15(21)19(17)22/h3-9,11H,10,12H2,1-2H3. The van der Waals surface area contributed by atoms with E-state index in [1.54, 1.807) is 7.05 Å². The third-order valence-corrected chi connectivity index (χ3v) is 3.93. The Labute approximate surface area is 155 Å². The van der Waals surface area contributed by atoms with Crippen molar-refractivity contribution in [3.8, 4) is 5.75 Å². The van der Waals surface area contributed by atoms with E-state index in [2.05, 4.69) is 4.98 Å². The molecule has 27 heavy (non-hydrogen) atoms. The summed E-state index contributed by atoms with van der Waals surface area (Å²) >= 11 is 0. The monoisotopic (exact) mass is 372 g/mol. The zero-order valence-corrected chi connectivity index (χ0v) is 14.9. The molecule has 5 nitrogen and oxygen atoms in total. The van der Waals surface area contributed by atoms with Crippen molar-refractivity contribution in [2.75, 3.05) is 7.05 Å². The SMILES string of the molecule is Cc1ccc(CN(C)C(=O)c2coc(COc3cccc(F)c3F)n2)cc1. The first-order chi connectivity index (χ1) is 12.9. The molecule has 0 aliphatic carbocycles. The molecule has 7 heteroatoms. The lowest BCUT2D eigenvalue weighted by Gasteiger charge is -2.15. The second-order valence-corrected chi connectivity index (χ2v) is 6.11. The Balaban J connectivity index is 1.61. The Hall–Kier alpha value is -3.22. The Morgan fingerprint density at radius 2 is 1.93 bits per heavy atom. The van der Waals surface area contributed by atoms with Gasteiger partial charge in [0, 0.05) is 13.6 Å². The highest BCUT2D eigenvalue weighted by atomic mass is 19.2. The van der Waals surface area contributed by atoms with E-state index in [1.807, 2.05) is 31.2 Å². The van der Waals surface area contributed by atoms with Crippen LogP contribution in [0.25, 0.3) is 0 Å². The molecule has 0 aliphatic rings. The molecule has 0 spiro atoms. The molecule has 140 valence electrons. The molecule has 0 unspecified atom stereocenters. The van der Waals surface area contributed by atoms with Gasteiger partial charge in [-0.2, -0.15) is 4.39 Å². The van der Waals surface area contributed by atoms with E-state index in [0.717, 1.165) is 17.2 Å². The van der Waals surface area contributed by atoms with Gasteiger partial charge in [-0.05, 0) is 24.6 Å². The van der Waals surface area contributed by atoms with Gasteiger partial charge in [0.25, 0.3) is 5.91 Å². The minimum absolute atomic E-state index is 0.0887. The number of carbonyl (C=O) groups is 1. The summed E-state index contributed by atoms with van der Waals surface area (Å²) < 4.78 is 37.1. The highest BCUT2D eigenvalue weighted by molar-refractivity contribution is 5.91. The van der Waals surface area contributed by atoms with Gasteiger partial charge in [-0.25, -0.2) is 9.37 Å². The maximum atomic E-state index is 13.6. The van der Waals surface area contributed by atoms with Crippen molar-refractivity contribution in [1.29, 1.82) is 0 Å². The molecule has 3 rings (SSSR count). The van der Waals surface area contributed by atoms with Crippen molar-refractivity contribution >= 4 is 5.91 Å². The van der Waals surface area contributed by atoms with Gasteiger partial charge in [0.2, 0.25) is 11.7 Å². The van der Waals surface area contributed by atoms with Crippen molar-refractivity contribution in [3.05, 3.63) is 83.1 Å². The molecule has 0 saturated heterocycles. The van der Waals surface area contributed by atoms with Crippen molar-refractivity contribution in [2.45, 2.75) is 20.1 Å². The zero-order chi connectivity index (χ0) is 19.4. The van der Waals surface area contributed by atoms with E-state index >= 15 is 0 Å². The lowest BCUT2D eigenvalue weighted by molar-refractivity contribution is 0.0779. The van der Waals surface area contributed by atoms with Crippen molar-refractivity contribution in [1.82, 2.24) is 9.88 Å². The molecule has 0 radical (unpaired) electrons. The van der Waals surface area contributed by atoms with Crippen molar-refractivity contribution in [3.63, 3.8) is 0 Å². The van der Waals surface area contributed by atoms with Gasteiger partial charge in [0.15, 0.2) is 23.9 Å². The topological polar surface area (TPSA) is 55.6 Å². The Morgan fingerprint density at radius 1 is 1.19 bits per heavy atom. The third kappa shape index (κ3) is 4.49. The number of oxazole rings is 1. The number of hydrogen-bond donors (Lipinski definition) is 0. The van der Waals surface area contributed by atoms with Crippen LogP contribution in [0.2, 0.25) is 0 Å². The average Bonchev–Trinajstić information content (AvgIpc) is 3.13. The quantitative estimate of drug-likeness (QED) is 0.653. The first-order valence-electron chi connectivity index (χ1n) is 8.26. The number of benzene rings is 2. The molecule has 3 aromatic rings. The molecule has 0 bridgehead atoms. The van der Waals surface area contributed by atoms with Crippen LogP contribution in [0.1, 0.15) is 27.5 Å². The summed E-state index contributed by atoms with van der Waals surface area (Å²) in [6.07, 6.45) is 1.22. The van der Waals surface area contributed by atoms with E-state index in [4.69, 9.17) is 9.15 Å². The van der Waals surface area contributed by atoms with Gasteiger partial charge in [-0.3, -0.25) is 4.79 Å². The van der Waals surface area contributed by atoms with Crippen LogP contribution in [0.5, 0.6) is 5.75 Å². The second kappa shape index (κ2) is 7.99. The van der Waals surface area contributed by atoms with Crippen LogP contribution in [0, 0.1) is 18.6 Å². The third-order valence-electron chi connectivity index (χ3n) is 3.93. The van der Waals surface area contributed by atoms with Gasteiger partial charge in [-0.15, -0.1) is 0 Å². The molecule has 1 aromatic heterocycles. The molecule has 1 amide bonds. The van der Waals surface area contributed by atoms with Crippen LogP contribution in [-0.4, -0.2) is 22.8 Å². The smallest absolute Gasteiger partial charge is 0.275 e. The van der Waals surface area contributed by atoms with E-state index in [-0.39, 0.29) is 29.8 Å². The van der Waals surface area contributed by atoms with Crippen molar-refractivity contribution in [2.24, 2.45) is 0 Å². The van der Waals surface area contributed by atoms with Crippen LogP contribution >= 0.6 is 0 Å². The summed E-state index contributed by atoms with van der Waals surface area (Å²) in [6, 6.07) is 11.5. The van der Waals surface area contributed by atoms with Crippen LogP contribution < -0.4 is 4.74 Å². The molecule has 0 fully saturated rings. The van der Waals surface area contributed by atoms with Crippen LogP contribution in [-0.2, 0) is 13.2 Å². The second-order valence-electron chi connectivity index (χ2n) is 6.11. The van der Waals surface area contributed by atoms with Crippen LogP contribution in [0.4, 0.5) is 8.78 Å². The van der Waals surface area contributed by atoms with Gasteiger partial charge in [0.05, 0.1) is 0 Å². The summed E-state index contributed by atoms with van der Waals surface area (Å²) in [5.41, 5.74) is 2.25. The zero-order valence-electron chi connectivity index (χ0n) is 14.9. The van der Waals surface area contributed by atoms with Crippen LogP contribution in [0.3, 0.4) is 0 Å². The van der Waals surface area contributed by atoms with Gasteiger partial charge in [-0.1, -0.05) is 35.9 Å². The minimum atomic E-state index is -1.09. The number of carbonyl (C=O) groups excluding carboxylic acids is 1. The normalized spacial score (nSPS) is 10.7. The minimum Gasteiger partial charge on any atom is -0.481 e. The fourth-order valence-corrected chi connectivity index (χ4v) is 2.45. The summed E-state index contributed by atoms with van der Waals surface area (Å²) in [6.45, 7) is 2.19. The largest absolute Gasteiger partial charge is 0.481 e. The fourth-order valence-electron chi connectivity index (χ4n) is 2.45. The highest BCUT2D eigenvalue weighted by Gasteiger charge is 2.18. The summed E-state index contributed by atoms with van der Waals surface area (Å²) in [5, 5.41) is 0. The van der Waals surface area contributed by atoms with Crippen molar-refractivity contribution < 1.29 is 22.7 Å². The number of aromatic nitrogens is 1. The van der Waals surface area contributed by atoms with Crippen LogP contribution in [0.15, 0.2) is 53.1 Å². The predicted molar refractivity (Wildman–Crippen MR) is 94.2 cm³/mol. The maximum absolute atomic E-state index is 13.6. The molecule has 1 heterocycles. The molecule has 2 aromatic carbocycles. The van der Waals surface area contributed by atoms with E-state index < -0.39 is 11.6 Å². The number of ether oxygens (including phenoxy) is 1. The predicted octanol–water partition coefficient (Wildman–Crippen LogP) is 4.11. The molecular formula is C20H18F2N2O3. The molecule has 0 N–H and O–H groups in total. The number of rotatable bonds is 6. The first kappa shape index (κ1) is 18.6. The first-order valence-corrected chi connectivity index (χ1v) is 8.26. The Bertz CT molecular complexity index is 939. The van der Waals surface area contributed by atoms with Gasteiger partial charge in [0.1, 0.15) is 6.26 Å². The lowest BCUT2D eigenvalue weighted by Crippen LogP contribution is -2.26. The molecule has 0 atom stereocenters. The van der Waals surface area contributed by atoms with Gasteiger partial charge >= 0.3 is 0 Å². The molecule has 0 saturated carbocycles. The summed E-state index contributed by atoms with van der Waals surface area (Å²) in [4.78, 5) is 18.0. The summed E-state index contributed by atoms with van der Waals surface area (Å²) in [5.74, 6) is -2.57. The Morgan fingerprint density at radius 3 is 2.67 bits per heavy atom. The number of hydrogen-bond acceptors (Lipinski definition) is 4. The highest BCUT2D eigenvalue weighted by Crippen LogP contribution is 2.20. The fraction of sp³-hybridized carbons (Fsp3) is 0.200. The molecule has 0 aliphatic heterocycles. The lowest BCUT2D eigenvalue weighted by atomic mass is 10.1. The number of nitrogens with zero attached hydrogens (tertiary/aromatic N) is 2. The average molecular weight is 372 g/mol. The number of halogens is 2.